The summed E-state index contributed by atoms with van der Waals surface area (Å²) >= 11 is 0. The summed E-state index contributed by atoms with van der Waals surface area (Å²) in [6, 6.07) is 12.8. The Hall–Kier alpha value is -2.23. The van der Waals surface area contributed by atoms with Gasteiger partial charge in [-0.3, -0.25) is 4.79 Å². The lowest BCUT2D eigenvalue weighted by atomic mass is 10.1. The van der Waals surface area contributed by atoms with Crippen molar-refractivity contribution in [3.05, 3.63) is 71.3 Å². The zero-order valence-electron chi connectivity index (χ0n) is 11.1. The number of hydrogen-bond acceptors (Lipinski definition) is 1. The molecule has 0 fully saturated rings. The normalized spacial score (nSPS) is 10.3. The van der Waals surface area contributed by atoms with E-state index in [1.54, 1.807) is 7.05 Å². The maximum atomic E-state index is 13.5. The van der Waals surface area contributed by atoms with Gasteiger partial charge >= 0.3 is 0 Å². The van der Waals surface area contributed by atoms with Crippen LogP contribution in [0.4, 0.5) is 8.78 Å². The van der Waals surface area contributed by atoms with Gasteiger partial charge in [-0.2, -0.15) is 0 Å². The van der Waals surface area contributed by atoms with Gasteiger partial charge in [-0.25, -0.2) is 8.78 Å². The predicted octanol–water partition coefficient (Wildman–Crippen LogP) is 3.17. The topological polar surface area (TPSA) is 20.3 Å². The molecule has 4 heteroatoms. The maximum Gasteiger partial charge on any atom is 0.227 e. The average molecular weight is 275 g/mol. The van der Waals surface area contributed by atoms with Crippen LogP contribution in [0, 0.1) is 11.6 Å². The molecule has 0 radical (unpaired) electrons. The van der Waals surface area contributed by atoms with E-state index >= 15 is 0 Å². The summed E-state index contributed by atoms with van der Waals surface area (Å²) in [6.07, 6.45) is -0.0740. The van der Waals surface area contributed by atoms with Crippen LogP contribution < -0.4 is 0 Å². The molecule has 0 unspecified atom stereocenters. The van der Waals surface area contributed by atoms with E-state index in [4.69, 9.17) is 0 Å². The molecule has 0 heterocycles. The SMILES string of the molecule is CN(Cc1ccccc1)C(=O)Cc1ccc(F)cc1F. The molecule has 2 rings (SSSR count). The Morgan fingerprint density at radius 2 is 1.80 bits per heavy atom. The number of hydrogen-bond donors (Lipinski definition) is 0. The number of halogens is 2. The molecule has 20 heavy (non-hydrogen) atoms. The fraction of sp³-hybridized carbons (Fsp3) is 0.188. The summed E-state index contributed by atoms with van der Waals surface area (Å²) < 4.78 is 26.3. The van der Waals surface area contributed by atoms with E-state index in [-0.39, 0.29) is 17.9 Å². The second kappa shape index (κ2) is 6.28. The molecule has 1 amide bonds. The molecule has 104 valence electrons. The zero-order valence-corrected chi connectivity index (χ0v) is 11.1. The van der Waals surface area contributed by atoms with Gasteiger partial charge in [-0.15, -0.1) is 0 Å². The smallest absolute Gasteiger partial charge is 0.227 e. The molecule has 0 aliphatic rings. The van der Waals surface area contributed by atoms with Crippen LogP contribution in [0.25, 0.3) is 0 Å². The molecule has 0 aliphatic heterocycles. The van der Waals surface area contributed by atoms with Crippen LogP contribution in [-0.2, 0) is 17.8 Å². The first-order valence-electron chi connectivity index (χ1n) is 6.28. The molecular formula is C16H15F2NO. The molecular weight excluding hydrogens is 260 g/mol. The second-order valence-electron chi connectivity index (χ2n) is 4.65. The predicted molar refractivity (Wildman–Crippen MR) is 73.0 cm³/mol. The summed E-state index contributed by atoms with van der Waals surface area (Å²) in [5, 5.41) is 0. The van der Waals surface area contributed by atoms with E-state index in [1.165, 1.54) is 11.0 Å². The molecule has 0 bridgehead atoms. The van der Waals surface area contributed by atoms with Gasteiger partial charge in [0, 0.05) is 19.7 Å². The number of carbonyl (C=O) groups is 1. The number of amides is 1. The lowest BCUT2D eigenvalue weighted by molar-refractivity contribution is -0.129. The van der Waals surface area contributed by atoms with E-state index in [9.17, 15) is 13.6 Å². The quantitative estimate of drug-likeness (QED) is 0.839. The minimum Gasteiger partial charge on any atom is -0.341 e. The summed E-state index contributed by atoms with van der Waals surface area (Å²) in [5.41, 5.74) is 1.21. The van der Waals surface area contributed by atoms with E-state index < -0.39 is 11.6 Å². The summed E-state index contributed by atoms with van der Waals surface area (Å²) in [5.74, 6) is -1.54. The summed E-state index contributed by atoms with van der Waals surface area (Å²) in [4.78, 5) is 13.5. The highest BCUT2D eigenvalue weighted by Crippen LogP contribution is 2.12. The van der Waals surface area contributed by atoms with E-state index in [0.717, 1.165) is 17.7 Å². The third kappa shape index (κ3) is 3.63. The number of nitrogens with zero attached hydrogens (tertiary/aromatic N) is 1. The summed E-state index contributed by atoms with van der Waals surface area (Å²) in [6.45, 7) is 0.461. The van der Waals surface area contributed by atoms with Crippen molar-refractivity contribution < 1.29 is 13.6 Å². The van der Waals surface area contributed by atoms with Gasteiger partial charge in [0.25, 0.3) is 0 Å². The van der Waals surface area contributed by atoms with Crippen molar-refractivity contribution in [1.82, 2.24) is 4.90 Å². The Morgan fingerprint density at radius 3 is 2.45 bits per heavy atom. The van der Waals surface area contributed by atoms with Gasteiger partial charge in [0.15, 0.2) is 0 Å². The van der Waals surface area contributed by atoms with Crippen LogP contribution in [0.2, 0.25) is 0 Å². The fourth-order valence-electron chi connectivity index (χ4n) is 1.91. The Morgan fingerprint density at radius 1 is 1.10 bits per heavy atom. The molecule has 0 aliphatic carbocycles. The standard InChI is InChI=1S/C16H15F2NO/c1-19(11-12-5-3-2-4-6-12)16(20)9-13-7-8-14(17)10-15(13)18/h2-8,10H,9,11H2,1H3. The Labute approximate surface area is 116 Å². The van der Waals surface area contributed by atoms with Crippen molar-refractivity contribution in [2.75, 3.05) is 7.05 Å². The molecule has 0 atom stereocenters. The van der Waals surface area contributed by atoms with Crippen LogP contribution >= 0.6 is 0 Å². The monoisotopic (exact) mass is 275 g/mol. The highest BCUT2D eigenvalue weighted by molar-refractivity contribution is 5.78. The van der Waals surface area contributed by atoms with E-state index in [1.807, 2.05) is 30.3 Å². The molecule has 2 aromatic carbocycles. The third-order valence-electron chi connectivity index (χ3n) is 3.05. The first kappa shape index (κ1) is 14.2. The van der Waals surface area contributed by atoms with Crippen LogP contribution in [0.3, 0.4) is 0 Å². The number of likely N-dealkylation sites (N-methyl/N-ethyl adjacent to an activating group) is 1. The number of benzene rings is 2. The van der Waals surface area contributed by atoms with Gasteiger partial charge in [0.1, 0.15) is 11.6 Å². The molecule has 0 N–H and O–H groups in total. The minimum atomic E-state index is -0.688. The van der Waals surface area contributed by atoms with Gasteiger partial charge in [-0.05, 0) is 17.2 Å². The first-order chi connectivity index (χ1) is 9.56. The van der Waals surface area contributed by atoms with E-state index in [0.29, 0.717) is 6.54 Å². The molecule has 0 aromatic heterocycles. The van der Waals surface area contributed by atoms with Gasteiger partial charge < -0.3 is 4.90 Å². The van der Waals surface area contributed by atoms with Crippen molar-refractivity contribution in [2.45, 2.75) is 13.0 Å². The first-order valence-corrected chi connectivity index (χ1v) is 6.28. The van der Waals surface area contributed by atoms with Crippen LogP contribution in [0.1, 0.15) is 11.1 Å². The molecule has 0 spiro atoms. The van der Waals surface area contributed by atoms with E-state index in [2.05, 4.69) is 0 Å². The largest absolute Gasteiger partial charge is 0.341 e. The van der Waals surface area contributed by atoms with Gasteiger partial charge in [0.05, 0.1) is 6.42 Å². The highest BCUT2D eigenvalue weighted by atomic mass is 19.1. The Kier molecular flexibility index (Phi) is 4.45. The average Bonchev–Trinajstić information content (AvgIpc) is 2.43. The van der Waals surface area contributed by atoms with Crippen LogP contribution in [0.5, 0.6) is 0 Å². The molecule has 2 aromatic rings. The fourth-order valence-corrected chi connectivity index (χ4v) is 1.91. The lowest BCUT2D eigenvalue weighted by Gasteiger charge is -2.17. The number of carbonyl (C=O) groups excluding carboxylic acids is 1. The van der Waals surface area contributed by atoms with Crippen molar-refractivity contribution in [2.24, 2.45) is 0 Å². The zero-order chi connectivity index (χ0) is 14.5. The minimum absolute atomic E-state index is 0.0740. The van der Waals surface area contributed by atoms with Gasteiger partial charge in [-0.1, -0.05) is 36.4 Å². The Bertz CT molecular complexity index is 599. The van der Waals surface area contributed by atoms with Crippen molar-refractivity contribution in [3.8, 4) is 0 Å². The lowest BCUT2D eigenvalue weighted by Crippen LogP contribution is -2.28. The van der Waals surface area contributed by atoms with Crippen molar-refractivity contribution in [3.63, 3.8) is 0 Å². The number of rotatable bonds is 4. The highest BCUT2D eigenvalue weighted by Gasteiger charge is 2.13. The van der Waals surface area contributed by atoms with Crippen molar-refractivity contribution in [1.29, 1.82) is 0 Å². The maximum absolute atomic E-state index is 13.5. The molecule has 0 saturated heterocycles. The Balaban J connectivity index is 2.01. The third-order valence-corrected chi connectivity index (χ3v) is 3.05. The molecule has 2 nitrogen and oxygen atoms in total. The van der Waals surface area contributed by atoms with Gasteiger partial charge in [0.2, 0.25) is 5.91 Å². The van der Waals surface area contributed by atoms with Crippen molar-refractivity contribution >= 4 is 5.91 Å². The van der Waals surface area contributed by atoms with Crippen LogP contribution in [-0.4, -0.2) is 17.9 Å². The molecule has 0 saturated carbocycles. The van der Waals surface area contributed by atoms with Crippen LogP contribution in [0.15, 0.2) is 48.5 Å². The second-order valence-corrected chi connectivity index (χ2v) is 4.65. The summed E-state index contributed by atoms with van der Waals surface area (Å²) in [7, 11) is 1.66.